The first kappa shape index (κ1) is 29.9. The Morgan fingerprint density at radius 1 is 0.608 bits per heavy atom. The zero-order valence-electron chi connectivity index (χ0n) is 28.7. The van der Waals surface area contributed by atoms with E-state index in [-0.39, 0.29) is 5.41 Å². The molecule has 51 heavy (non-hydrogen) atoms. The highest BCUT2D eigenvalue weighted by molar-refractivity contribution is 6.03. The van der Waals surface area contributed by atoms with Crippen molar-refractivity contribution in [1.82, 2.24) is 0 Å². The van der Waals surface area contributed by atoms with E-state index in [0.717, 1.165) is 54.5 Å². The standard InChI is InChI=1S/C50H39N/c51-46(35-16-5-2-6-17-35)32-38(34-14-3-1-4-15-34)28-27-33-13-9-20-39(31-33)40-22-12-26-45-49(40)41-21-7-8-23-42(41)50(45)43-24-10-18-36-29-30-37-19-11-25-44(50)48(37)47(36)43/h1-10,12-24,26,28,31-32H,11,25,27,29-30,51H2/b38-28+,46-32-. The zero-order chi connectivity index (χ0) is 33.9. The van der Waals surface area contributed by atoms with Gasteiger partial charge in [0.05, 0.1) is 5.41 Å². The maximum Gasteiger partial charge on any atom is 0.0688 e. The first-order valence-corrected chi connectivity index (χ1v) is 18.4. The number of hydrogen-bond donors (Lipinski definition) is 1. The maximum atomic E-state index is 6.65. The van der Waals surface area contributed by atoms with Gasteiger partial charge in [0.25, 0.3) is 0 Å². The summed E-state index contributed by atoms with van der Waals surface area (Å²) in [4.78, 5) is 0. The first-order valence-electron chi connectivity index (χ1n) is 18.4. The number of hydrogen-bond acceptors (Lipinski definition) is 1. The molecule has 6 aromatic carbocycles. The molecular formula is C50H39N. The molecule has 0 saturated heterocycles. The van der Waals surface area contributed by atoms with Gasteiger partial charge >= 0.3 is 0 Å². The summed E-state index contributed by atoms with van der Waals surface area (Å²) in [7, 11) is 0. The SMILES string of the molecule is N/C(=C\C(=C/Cc1cccc(-c2cccc3c2-c2ccccc2C32C3=C4C(=CCC3)CCc3cccc2c34)c1)c1ccccc1)c1ccccc1. The fraction of sp³-hybridized carbons (Fsp3) is 0.120. The second-order valence-corrected chi connectivity index (χ2v) is 14.4. The molecule has 0 bridgehead atoms. The van der Waals surface area contributed by atoms with Crippen LogP contribution in [-0.2, 0) is 18.3 Å². The minimum Gasteiger partial charge on any atom is -0.398 e. The zero-order valence-corrected chi connectivity index (χ0v) is 28.7. The summed E-state index contributed by atoms with van der Waals surface area (Å²) < 4.78 is 0. The number of allylic oxidation sites excluding steroid dienone is 7. The Balaban J connectivity index is 1.10. The lowest BCUT2D eigenvalue weighted by Gasteiger charge is -2.33. The molecule has 4 aliphatic rings. The third-order valence-electron chi connectivity index (χ3n) is 11.7. The molecule has 0 radical (unpaired) electrons. The lowest BCUT2D eigenvalue weighted by molar-refractivity contribution is 0.712. The smallest absolute Gasteiger partial charge is 0.0688 e. The van der Waals surface area contributed by atoms with Gasteiger partial charge < -0.3 is 5.73 Å². The summed E-state index contributed by atoms with van der Waals surface area (Å²) in [6.07, 6.45) is 12.3. The molecule has 2 N–H and O–H groups in total. The van der Waals surface area contributed by atoms with Crippen LogP contribution in [0.1, 0.15) is 63.8 Å². The van der Waals surface area contributed by atoms with E-state index >= 15 is 0 Å². The van der Waals surface area contributed by atoms with Crippen molar-refractivity contribution in [3.63, 3.8) is 0 Å². The molecule has 1 spiro atoms. The van der Waals surface area contributed by atoms with Crippen LogP contribution in [0.4, 0.5) is 0 Å². The van der Waals surface area contributed by atoms with Crippen LogP contribution < -0.4 is 5.73 Å². The third-order valence-corrected chi connectivity index (χ3v) is 11.7. The molecule has 0 saturated carbocycles. The highest BCUT2D eigenvalue weighted by atomic mass is 14.6. The number of fused-ring (bicyclic) bond motifs is 7. The Bertz CT molecular complexity index is 2490. The molecule has 6 aromatic rings. The fourth-order valence-corrected chi connectivity index (χ4v) is 9.62. The Morgan fingerprint density at radius 2 is 1.29 bits per heavy atom. The Kier molecular flexibility index (Phi) is 6.96. The van der Waals surface area contributed by atoms with Gasteiger partial charge in [-0.2, -0.15) is 0 Å². The van der Waals surface area contributed by atoms with Crippen molar-refractivity contribution in [3.8, 4) is 22.3 Å². The first-order chi connectivity index (χ1) is 25.2. The van der Waals surface area contributed by atoms with Gasteiger partial charge in [0.2, 0.25) is 0 Å². The molecule has 0 fully saturated rings. The average Bonchev–Trinajstić information content (AvgIpc) is 3.68. The van der Waals surface area contributed by atoms with Crippen molar-refractivity contribution < 1.29 is 0 Å². The van der Waals surface area contributed by atoms with Crippen molar-refractivity contribution in [2.24, 2.45) is 5.73 Å². The van der Waals surface area contributed by atoms with Crippen molar-refractivity contribution in [1.29, 1.82) is 0 Å². The summed E-state index contributed by atoms with van der Waals surface area (Å²) >= 11 is 0. The van der Waals surface area contributed by atoms with Crippen LogP contribution in [0.25, 0.3) is 39.1 Å². The Hall–Kier alpha value is -5.92. The largest absolute Gasteiger partial charge is 0.398 e. The topological polar surface area (TPSA) is 26.0 Å². The van der Waals surface area contributed by atoms with Crippen LogP contribution in [0.3, 0.4) is 0 Å². The van der Waals surface area contributed by atoms with Crippen molar-refractivity contribution >= 4 is 16.8 Å². The molecule has 1 unspecified atom stereocenters. The van der Waals surface area contributed by atoms with Gasteiger partial charge in [0.15, 0.2) is 0 Å². The highest BCUT2D eigenvalue weighted by Crippen LogP contribution is 2.66. The maximum absolute atomic E-state index is 6.65. The van der Waals surface area contributed by atoms with E-state index in [1.54, 1.807) is 16.7 Å². The second kappa shape index (κ2) is 11.9. The monoisotopic (exact) mass is 653 g/mol. The Morgan fingerprint density at radius 3 is 2.14 bits per heavy atom. The number of benzene rings is 6. The second-order valence-electron chi connectivity index (χ2n) is 14.4. The van der Waals surface area contributed by atoms with E-state index in [1.165, 1.54) is 55.6 Å². The fourth-order valence-electron chi connectivity index (χ4n) is 9.62. The predicted octanol–water partition coefficient (Wildman–Crippen LogP) is 11.7. The lowest BCUT2D eigenvalue weighted by atomic mass is 9.67. The van der Waals surface area contributed by atoms with Crippen LogP contribution in [-0.4, -0.2) is 0 Å². The molecule has 0 heterocycles. The normalized spacial score (nSPS) is 18.4. The molecule has 0 amide bonds. The number of nitrogens with two attached hydrogens (primary N) is 1. The molecule has 0 aromatic heterocycles. The van der Waals surface area contributed by atoms with Gasteiger partial charge in [0.1, 0.15) is 0 Å². The molecule has 244 valence electrons. The van der Waals surface area contributed by atoms with Gasteiger partial charge in [-0.15, -0.1) is 0 Å². The van der Waals surface area contributed by atoms with E-state index in [9.17, 15) is 0 Å². The number of rotatable bonds is 6. The molecule has 1 heteroatoms. The summed E-state index contributed by atoms with van der Waals surface area (Å²) in [5, 5.41) is 0. The summed E-state index contributed by atoms with van der Waals surface area (Å²) in [5.74, 6) is 0. The van der Waals surface area contributed by atoms with Crippen LogP contribution in [0.15, 0.2) is 175 Å². The summed E-state index contributed by atoms with van der Waals surface area (Å²) in [6.45, 7) is 0. The highest BCUT2D eigenvalue weighted by Gasteiger charge is 2.54. The number of aryl methyl sites for hydroxylation is 1. The van der Waals surface area contributed by atoms with E-state index in [0.29, 0.717) is 0 Å². The lowest BCUT2D eigenvalue weighted by Crippen LogP contribution is -2.27. The van der Waals surface area contributed by atoms with E-state index in [2.05, 4.69) is 146 Å². The molecule has 10 rings (SSSR count). The van der Waals surface area contributed by atoms with Gasteiger partial charge in [-0.05, 0) is 127 Å². The summed E-state index contributed by atoms with van der Waals surface area (Å²) in [5.41, 5.74) is 29.3. The Labute approximate surface area is 300 Å². The van der Waals surface area contributed by atoms with Gasteiger partial charge in [-0.1, -0.05) is 158 Å². The average molecular weight is 654 g/mol. The molecule has 0 aliphatic heterocycles. The predicted molar refractivity (Wildman–Crippen MR) is 213 cm³/mol. The van der Waals surface area contributed by atoms with Crippen LogP contribution in [0.5, 0.6) is 0 Å². The molecule has 4 aliphatic carbocycles. The van der Waals surface area contributed by atoms with E-state index in [1.807, 2.05) is 18.2 Å². The van der Waals surface area contributed by atoms with Gasteiger partial charge in [0, 0.05) is 5.70 Å². The van der Waals surface area contributed by atoms with Gasteiger partial charge in [-0.3, -0.25) is 0 Å². The van der Waals surface area contributed by atoms with Crippen molar-refractivity contribution in [3.05, 3.63) is 219 Å². The summed E-state index contributed by atoms with van der Waals surface area (Å²) in [6, 6.07) is 53.4. The van der Waals surface area contributed by atoms with Crippen LogP contribution >= 0.6 is 0 Å². The third kappa shape index (κ3) is 4.54. The van der Waals surface area contributed by atoms with Crippen LogP contribution in [0, 0.1) is 0 Å². The molecule has 1 atom stereocenters. The van der Waals surface area contributed by atoms with Gasteiger partial charge in [-0.25, -0.2) is 0 Å². The van der Waals surface area contributed by atoms with E-state index in [4.69, 9.17) is 5.73 Å². The molecule has 1 nitrogen and oxygen atoms in total. The quantitative estimate of drug-likeness (QED) is 0.178. The minimum atomic E-state index is -0.234. The van der Waals surface area contributed by atoms with Crippen LogP contribution in [0.2, 0.25) is 0 Å². The van der Waals surface area contributed by atoms with E-state index < -0.39 is 0 Å². The minimum absolute atomic E-state index is 0.234. The molecular weight excluding hydrogens is 615 g/mol. The van der Waals surface area contributed by atoms with Crippen molar-refractivity contribution in [2.75, 3.05) is 0 Å². The van der Waals surface area contributed by atoms with Crippen molar-refractivity contribution in [2.45, 2.75) is 37.5 Å².